The standard InChI is InChI=1S/C24H27N3O2S/c1-15(2)27-23(29)19-12-6-7-13-21(19)26-24(27)30-16(3)22(28)25-20-14-8-10-17-9-4-5-11-18(17)20/h4-7,9,11-13,15-16,20H,8,10,14H2,1-3H3,(H,25,28). The van der Waals surface area contributed by atoms with Crippen LogP contribution in [0.4, 0.5) is 0 Å². The van der Waals surface area contributed by atoms with Crippen LogP contribution in [0, 0.1) is 0 Å². The lowest BCUT2D eigenvalue weighted by atomic mass is 9.88. The van der Waals surface area contributed by atoms with Crippen LogP contribution in [0.15, 0.2) is 58.5 Å². The zero-order chi connectivity index (χ0) is 21.3. The molecule has 3 aromatic rings. The van der Waals surface area contributed by atoms with E-state index in [1.807, 2.05) is 45.0 Å². The number of hydrogen-bond donors (Lipinski definition) is 1. The predicted octanol–water partition coefficient (Wildman–Crippen LogP) is 4.65. The van der Waals surface area contributed by atoms with Crippen molar-refractivity contribution in [1.82, 2.24) is 14.9 Å². The van der Waals surface area contributed by atoms with Crippen molar-refractivity contribution in [1.29, 1.82) is 0 Å². The van der Waals surface area contributed by atoms with Crippen LogP contribution >= 0.6 is 11.8 Å². The number of aromatic nitrogens is 2. The summed E-state index contributed by atoms with van der Waals surface area (Å²) in [5.74, 6) is -0.0283. The monoisotopic (exact) mass is 421 g/mol. The fourth-order valence-electron chi connectivity index (χ4n) is 4.07. The zero-order valence-electron chi connectivity index (χ0n) is 17.6. The van der Waals surface area contributed by atoms with Crippen molar-refractivity contribution >= 4 is 28.6 Å². The molecule has 5 nitrogen and oxygen atoms in total. The average Bonchev–Trinajstić information content (AvgIpc) is 2.74. The number of benzene rings is 2. The molecule has 1 amide bonds. The molecule has 2 unspecified atom stereocenters. The molecular weight excluding hydrogens is 394 g/mol. The molecule has 2 atom stereocenters. The molecular formula is C24H27N3O2S. The second-order valence-corrected chi connectivity index (χ2v) is 9.40. The number of nitrogens with zero attached hydrogens (tertiary/aromatic N) is 2. The molecule has 6 heteroatoms. The number of rotatable bonds is 5. The summed E-state index contributed by atoms with van der Waals surface area (Å²) < 4.78 is 1.69. The van der Waals surface area contributed by atoms with E-state index in [1.54, 1.807) is 10.6 Å². The fourth-order valence-corrected chi connectivity index (χ4v) is 5.12. The van der Waals surface area contributed by atoms with Crippen molar-refractivity contribution in [3.63, 3.8) is 0 Å². The highest BCUT2D eigenvalue weighted by molar-refractivity contribution is 8.00. The van der Waals surface area contributed by atoms with E-state index in [2.05, 4.69) is 23.5 Å². The van der Waals surface area contributed by atoms with Gasteiger partial charge in [0.15, 0.2) is 5.16 Å². The zero-order valence-corrected chi connectivity index (χ0v) is 18.4. The molecule has 30 heavy (non-hydrogen) atoms. The van der Waals surface area contributed by atoms with Crippen LogP contribution in [0.2, 0.25) is 0 Å². The molecule has 1 N–H and O–H groups in total. The maximum Gasteiger partial charge on any atom is 0.262 e. The minimum Gasteiger partial charge on any atom is -0.348 e. The highest BCUT2D eigenvalue weighted by Gasteiger charge is 2.25. The third-order valence-electron chi connectivity index (χ3n) is 5.63. The number of aryl methyl sites for hydroxylation is 1. The third kappa shape index (κ3) is 4.01. The molecule has 1 aromatic heterocycles. The van der Waals surface area contributed by atoms with Gasteiger partial charge in [-0.1, -0.05) is 48.2 Å². The molecule has 1 aliphatic carbocycles. The van der Waals surface area contributed by atoms with Gasteiger partial charge in [-0.2, -0.15) is 0 Å². The van der Waals surface area contributed by atoms with Crippen molar-refractivity contribution in [3.05, 3.63) is 70.0 Å². The Morgan fingerprint density at radius 3 is 2.67 bits per heavy atom. The van der Waals surface area contributed by atoms with Crippen molar-refractivity contribution in [2.45, 2.75) is 62.5 Å². The highest BCUT2D eigenvalue weighted by Crippen LogP contribution is 2.31. The Morgan fingerprint density at radius 2 is 1.87 bits per heavy atom. The molecule has 0 aliphatic heterocycles. The number of para-hydroxylation sites is 1. The lowest BCUT2D eigenvalue weighted by Crippen LogP contribution is -2.36. The van der Waals surface area contributed by atoms with E-state index >= 15 is 0 Å². The third-order valence-corrected chi connectivity index (χ3v) is 6.70. The molecule has 0 radical (unpaired) electrons. The van der Waals surface area contributed by atoms with Crippen LogP contribution in [-0.4, -0.2) is 20.7 Å². The molecule has 1 aliphatic rings. The van der Waals surface area contributed by atoms with Crippen molar-refractivity contribution in [2.24, 2.45) is 0 Å². The topological polar surface area (TPSA) is 64.0 Å². The fraction of sp³-hybridized carbons (Fsp3) is 0.375. The average molecular weight is 422 g/mol. The summed E-state index contributed by atoms with van der Waals surface area (Å²) in [5, 5.41) is 4.04. The minimum atomic E-state index is -0.364. The van der Waals surface area contributed by atoms with Crippen molar-refractivity contribution in [3.8, 4) is 0 Å². The first-order valence-electron chi connectivity index (χ1n) is 10.5. The van der Waals surface area contributed by atoms with Crippen molar-refractivity contribution < 1.29 is 4.79 Å². The summed E-state index contributed by atoms with van der Waals surface area (Å²) in [6.07, 6.45) is 3.09. The van der Waals surface area contributed by atoms with Gasteiger partial charge in [-0.05, 0) is 63.3 Å². The van der Waals surface area contributed by atoms with Crippen LogP contribution < -0.4 is 10.9 Å². The lowest BCUT2D eigenvalue weighted by Gasteiger charge is -2.27. The lowest BCUT2D eigenvalue weighted by molar-refractivity contribution is -0.121. The predicted molar refractivity (Wildman–Crippen MR) is 122 cm³/mol. The van der Waals surface area contributed by atoms with E-state index in [0.29, 0.717) is 16.1 Å². The van der Waals surface area contributed by atoms with Gasteiger partial charge in [-0.3, -0.25) is 14.2 Å². The molecule has 1 heterocycles. The van der Waals surface area contributed by atoms with Gasteiger partial charge in [0.25, 0.3) is 5.56 Å². The molecule has 0 saturated carbocycles. The van der Waals surface area contributed by atoms with Gasteiger partial charge in [-0.25, -0.2) is 4.98 Å². The van der Waals surface area contributed by atoms with Crippen LogP contribution in [-0.2, 0) is 11.2 Å². The van der Waals surface area contributed by atoms with Crippen LogP contribution in [0.3, 0.4) is 0 Å². The second kappa shape index (κ2) is 8.64. The van der Waals surface area contributed by atoms with E-state index in [1.165, 1.54) is 22.9 Å². The molecule has 156 valence electrons. The summed E-state index contributed by atoms with van der Waals surface area (Å²) in [7, 11) is 0. The minimum absolute atomic E-state index is 0.0283. The number of hydrogen-bond acceptors (Lipinski definition) is 4. The Morgan fingerprint density at radius 1 is 1.13 bits per heavy atom. The van der Waals surface area contributed by atoms with E-state index in [9.17, 15) is 9.59 Å². The molecule has 4 rings (SSSR count). The Labute approximate surface area is 180 Å². The number of carbonyl (C=O) groups is 1. The van der Waals surface area contributed by atoms with E-state index in [-0.39, 0.29) is 28.8 Å². The quantitative estimate of drug-likeness (QED) is 0.481. The van der Waals surface area contributed by atoms with Gasteiger partial charge < -0.3 is 5.32 Å². The first-order valence-corrected chi connectivity index (χ1v) is 11.4. The number of thioether (sulfide) groups is 1. The number of nitrogens with one attached hydrogen (secondary N) is 1. The highest BCUT2D eigenvalue weighted by atomic mass is 32.2. The largest absolute Gasteiger partial charge is 0.348 e. The van der Waals surface area contributed by atoms with Crippen LogP contribution in [0.1, 0.15) is 56.8 Å². The first kappa shape index (κ1) is 20.7. The summed E-state index contributed by atoms with van der Waals surface area (Å²) in [6.45, 7) is 5.80. The molecule has 2 aromatic carbocycles. The van der Waals surface area contributed by atoms with Gasteiger partial charge in [0, 0.05) is 6.04 Å². The molecule has 0 spiro atoms. The Hall–Kier alpha value is -2.60. The van der Waals surface area contributed by atoms with E-state index in [0.717, 1.165) is 19.3 Å². The van der Waals surface area contributed by atoms with Gasteiger partial charge in [0.05, 0.1) is 22.2 Å². The van der Waals surface area contributed by atoms with Crippen molar-refractivity contribution in [2.75, 3.05) is 0 Å². The number of fused-ring (bicyclic) bond motifs is 2. The van der Waals surface area contributed by atoms with Gasteiger partial charge >= 0.3 is 0 Å². The van der Waals surface area contributed by atoms with Crippen LogP contribution in [0.5, 0.6) is 0 Å². The Kier molecular flexibility index (Phi) is 5.95. The van der Waals surface area contributed by atoms with Crippen LogP contribution in [0.25, 0.3) is 10.9 Å². The molecule has 0 fully saturated rings. The number of amides is 1. The SMILES string of the molecule is CC(Sc1nc2ccccc2c(=O)n1C(C)C)C(=O)NC1CCCc2ccccc21. The maximum absolute atomic E-state index is 13.0. The Bertz CT molecular complexity index is 1140. The van der Waals surface area contributed by atoms with E-state index < -0.39 is 0 Å². The van der Waals surface area contributed by atoms with Gasteiger partial charge in [0.1, 0.15) is 0 Å². The Balaban J connectivity index is 1.58. The first-order chi connectivity index (χ1) is 14.5. The summed E-state index contributed by atoms with van der Waals surface area (Å²) >= 11 is 1.35. The summed E-state index contributed by atoms with van der Waals surface area (Å²) in [4.78, 5) is 30.7. The smallest absolute Gasteiger partial charge is 0.262 e. The summed E-state index contributed by atoms with van der Waals surface area (Å²) in [6, 6.07) is 15.7. The van der Waals surface area contributed by atoms with Gasteiger partial charge in [0.2, 0.25) is 5.91 Å². The molecule has 0 bridgehead atoms. The maximum atomic E-state index is 13.0. The van der Waals surface area contributed by atoms with E-state index in [4.69, 9.17) is 4.98 Å². The van der Waals surface area contributed by atoms with Gasteiger partial charge in [-0.15, -0.1) is 0 Å². The summed E-state index contributed by atoms with van der Waals surface area (Å²) in [5.41, 5.74) is 3.14. The number of carbonyl (C=O) groups excluding carboxylic acids is 1. The second-order valence-electron chi connectivity index (χ2n) is 8.09. The normalized spacial score (nSPS) is 17.0. The molecule has 0 saturated heterocycles.